The van der Waals surface area contributed by atoms with E-state index in [0.717, 1.165) is 43.1 Å². The van der Waals surface area contributed by atoms with Gasteiger partial charge in [0.2, 0.25) is 5.91 Å². The summed E-state index contributed by atoms with van der Waals surface area (Å²) >= 11 is 0. The summed E-state index contributed by atoms with van der Waals surface area (Å²) in [5.41, 5.74) is 3.13. The summed E-state index contributed by atoms with van der Waals surface area (Å²) in [7, 11) is 0. The number of fused-ring (bicyclic) bond motifs is 2. The molecule has 8 nitrogen and oxygen atoms in total. The molecule has 0 radical (unpaired) electrons. The Bertz CT molecular complexity index is 1050. The summed E-state index contributed by atoms with van der Waals surface area (Å²) in [6.07, 6.45) is 4.13. The van der Waals surface area contributed by atoms with Crippen molar-refractivity contribution >= 4 is 47.2 Å². The van der Waals surface area contributed by atoms with Crippen molar-refractivity contribution in [2.24, 2.45) is 4.99 Å². The molecule has 0 unspecified atom stereocenters. The molecule has 0 saturated carbocycles. The van der Waals surface area contributed by atoms with Crippen molar-refractivity contribution < 1.29 is 4.79 Å². The minimum Gasteiger partial charge on any atom is -0.357 e. The number of hydrogen-bond acceptors (Lipinski definition) is 4. The third kappa shape index (κ3) is 5.52. The third-order valence-corrected chi connectivity index (χ3v) is 5.16. The molecular formula is C22H28IN7O. The van der Waals surface area contributed by atoms with Crippen LogP contribution in [0.3, 0.4) is 0 Å². The number of rotatable bonds is 7. The number of pyridine rings is 1. The van der Waals surface area contributed by atoms with E-state index >= 15 is 0 Å². The summed E-state index contributed by atoms with van der Waals surface area (Å²) in [4.78, 5) is 19.1. The standard InChI is InChI=1S/C22H27N7O.HI/c1-2-23-22(25-16-20-27-26-19-10-5-6-14-29(19)20)24-13-7-11-21(30)28-15-12-17-8-3-4-9-18(17)28;/h3-6,8-10,14H,2,7,11-13,15-16H2,1H3,(H2,23,24,25);1H. The van der Waals surface area contributed by atoms with Crippen LogP contribution in [0.2, 0.25) is 0 Å². The number of halogens is 1. The number of benzene rings is 1. The van der Waals surface area contributed by atoms with Crippen LogP contribution in [0.5, 0.6) is 0 Å². The minimum absolute atomic E-state index is 0. The van der Waals surface area contributed by atoms with Crippen molar-refractivity contribution in [2.45, 2.75) is 32.7 Å². The van der Waals surface area contributed by atoms with Crippen LogP contribution in [0.25, 0.3) is 5.65 Å². The summed E-state index contributed by atoms with van der Waals surface area (Å²) in [5, 5.41) is 14.9. The fourth-order valence-corrected chi connectivity index (χ4v) is 3.67. The van der Waals surface area contributed by atoms with Crippen LogP contribution < -0.4 is 15.5 Å². The number of carbonyl (C=O) groups is 1. The molecule has 31 heavy (non-hydrogen) atoms. The van der Waals surface area contributed by atoms with Gasteiger partial charge >= 0.3 is 0 Å². The summed E-state index contributed by atoms with van der Waals surface area (Å²) in [5.74, 6) is 1.67. The molecule has 0 aliphatic carbocycles. The Kier molecular flexibility index (Phi) is 8.21. The molecule has 1 aliphatic heterocycles. The van der Waals surface area contributed by atoms with E-state index in [1.165, 1.54) is 5.56 Å². The Morgan fingerprint density at radius 1 is 1.13 bits per heavy atom. The predicted molar refractivity (Wildman–Crippen MR) is 133 cm³/mol. The number of carbonyl (C=O) groups excluding carboxylic acids is 1. The number of amides is 1. The Morgan fingerprint density at radius 2 is 1.97 bits per heavy atom. The number of nitrogens with one attached hydrogen (secondary N) is 2. The zero-order chi connectivity index (χ0) is 20.8. The van der Waals surface area contributed by atoms with E-state index in [1.807, 2.05) is 58.8 Å². The lowest BCUT2D eigenvalue weighted by atomic mass is 10.2. The topological polar surface area (TPSA) is 86.9 Å². The highest BCUT2D eigenvalue weighted by molar-refractivity contribution is 14.0. The Labute approximate surface area is 199 Å². The van der Waals surface area contributed by atoms with Crippen molar-refractivity contribution in [3.8, 4) is 0 Å². The summed E-state index contributed by atoms with van der Waals surface area (Å²) < 4.78 is 1.93. The van der Waals surface area contributed by atoms with E-state index in [0.29, 0.717) is 25.5 Å². The first kappa shape index (κ1) is 23.0. The Balaban J connectivity index is 0.00000272. The van der Waals surface area contributed by atoms with Gasteiger partial charge in [0.05, 0.1) is 0 Å². The summed E-state index contributed by atoms with van der Waals surface area (Å²) in [6.45, 7) is 4.66. The molecule has 3 heterocycles. The average molecular weight is 533 g/mol. The van der Waals surface area contributed by atoms with Crippen LogP contribution in [-0.2, 0) is 17.8 Å². The fraction of sp³-hybridized carbons (Fsp3) is 0.364. The van der Waals surface area contributed by atoms with Crippen LogP contribution in [0.4, 0.5) is 5.69 Å². The van der Waals surface area contributed by atoms with E-state index < -0.39 is 0 Å². The highest BCUT2D eigenvalue weighted by Crippen LogP contribution is 2.27. The van der Waals surface area contributed by atoms with Gasteiger partial charge in [0.15, 0.2) is 17.4 Å². The van der Waals surface area contributed by atoms with Gasteiger partial charge in [0, 0.05) is 37.9 Å². The van der Waals surface area contributed by atoms with Crippen molar-refractivity contribution in [1.82, 2.24) is 25.2 Å². The van der Waals surface area contributed by atoms with Gasteiger partial charge in [-0.15, -0.1) is 34.2 Å². The lowest BCUT2D eigenvalue weighted by Crippen LogP contribution is -2.38. The van der Waals surface area contributed by atoms with Crippen LogP contribution in [0.15, 0.2) is 53.7 Å². The van der Waals surface area contributed by atoms with E-state index in [4.69, 9.17) is 0 Å². The van der Waals surface area contributed by atoms with Gasteiger partial charge in [-0.25, -0.2) is 4.99 Å². The maximum atomic E-state index is 12.6. The first-order valence-corrected chi connectivity index (χ1v) is 10.5. The molecule has 4 rings (SSSR count). The van der Waals surface area contributed by atoms with E-state index in [9.17, 15) is 4.79 Å². The SMILES string of the molecule is CCNC(=NCc1nnc2ccccn12)NCCCC(=O)N1CCc2ccccc21.I. The van der Waals surface area contributed by atoms with Crippen molar-refractivity contribution in [2.75, 3.05) is 24.5 Å². The Hall–Kier alpha value is -2.69. The maximum Gasteiger partial charge on any atom is 0.227 e. The van der Waals surface area contributed by atoms with Gasteiger partial charge < -0.3 is 15.5 Å². The zero-order valence-electron chi connectivity index (χ0n) is 17.6. The number of aliphatic imine (C=N–C) groups is 1. The molecule has 1 aromatic carbocycles. The second-order valence-electron chi connectivity index (χ2n) is 7.19. The zero-order valence-corrected chi connectivity index (χ0v) is 20.0. The lowest BCUT2D eigenvalue weighted by molar-refractivity contribution is -0.118. The second-order valence-corrected chi connectivity index (χ2v) is 7.19. The van der Waals surface area contributed by atoms with Crippen molar-refractivity contribution in [3.63, 3.8) is 0 Å². The van der Waals surface area contributed by atoms with E-state index in [2.05, 4.69) is 31.9 Å². The van der Waals surface area contributed by atoms with Crippen LogP contribution in [-0.4, -0.2) is 46.1 Å². The monoisotopic (exact) mass is 533 g/mol. The van der Waals surface area contributed by atoms with Gasteiger partial charge in [0.1, 0.15) is 6.54 Å². The first-order chi connectivity index (χ1) is 14.8. The largest absolute Gasteiger partial charge is 0.357 e. The third-order valence-electron chi connectivity index (χ3n) is 5.16. The van der Waals surface area contributed by atoms with Gasteiger partial charge in [0.25, 0.3) is 0 Å². The highest BCUT2D eigenvalue weighted by atomic mass is 127. The van der Waals surface area contributed by atoms with E-state index in [-0.39, 0.29) is 29.9 Å². The number of para-hydroxylation sites is 1. The number of aromatic nitrogens is 3. The highest BCUT2D eigenvalue weighted by Gasteiger charge is 2.23. The molecule has 0 saturated heterocycles. The lowest BCUT2D eigenvalue weighted by Gasteiger charge is -2.17. The average Bonchev–Trinajstić information content (AvgIpc) is 3.39. The van der Waals surface area contributed by atoms with Crippen LogP contribution in [0, 0.1) is 0 Å². The molecule has 0 bridgehead atoms. The molecule has 0 spiro atoms. The normalized spacial score (nSPS) is 13.1. The predicted octanol–water partition coefficient (Wildman–Crippen LogP) is 2.77. The molecular weight excluding hydrogens is 505 g/mol. The molecule has 1 aliphatic rings. The molecule has 3 aromatic rings. The number of guanidine groups is 1. The first-order valence-electron chi connectivity index (χ1n) is 10.5. The van der Waals surface area contributed by atoms with Crippen LogP contribution in [0.1, 0.15) is 31.2 Å². The van der Waals surface area contributed by atoms with Gasteiger partial charge in [-0.1, -0.05) is 24.3 Å². The molecule has 2 aromatic heterocycles. The quantitative estimate of drug-likeness (QED) is 0.211. The Morgan fingerprint density at radius 3 is 2.84 bits per heavy atom. The molecule has 2 N–H and O–H groups in total. The summed E-state index contributed by atoms with van der Waals surface area (Å²) in [6, 6.07) is 13.9. The minimum atomic E-state index is 0. The second kappa shape index (κ2) is 11.1. The van der Waals surface area contributed by atoms with Crippen LogP contribution >= 0.6 is 24.0 Å². The van der Waals surface area contributed by atoms with E-state index in [1.54, 1.807) is 0 Å². The fourth-order valence-electron chi connectivity index (χ4n) is 3.67. The van der Waals surface area contributed by atoms with Gasteiger partial charge in [-0.2, -0.15) is 0 Å². The number of anilines is 1. The molecule has 164 valence electrons. The van der Waals surface area contributed by atoms with Crippen molar-refractivity contribution in [1.29, 1.82) is 0 Å². The van der Waals surface area contributed by atoms with Gasteiger partial charge in [-0.3, -0.25) is 9.20 Å². The molecule has 9 heteroatoms. The molecule has 0 atom stereocenters. The van der Waals surface area contributed by atoms with Gasteiger partial charge in [-0.05, 0) is 43.5 Å². The molecule has 1 amide bonds. The number of nitrogens with zero attached hydrogens (tertiary/aromatic N) is 5. The number of hydrogen-bond donors (Lipinski definition) is 2. The maximum absolute atomic E-state index is 12.6. The van der Waals surface area contributed by atoms with Crippen molar-refractivity contribution in [3.05, 3.63) is 60.0 Å². The smallest absolute Gasteiger partial charge is 0.227 e. The molecule has 0 fully saturated rings.